The van der Waals surface area contributed by atoms with Crippen molar-refractivity contribution in [2.24, 2.45) is 5.41 Å². The van der Waals surface area contributed by atoms with Gasteiger partial charge in [-0.15, -0.1) is 0 Å². The van der Waals surface area contributed by atoms with Crippen LogP contribution in [-0.2, 0) is 5.92 Å². The number of unbranched alkanes of at least 4 members (excludes halogenated alkanes) is 3. The fraction of sp³-hybridized carbons (Fsp3) is 0.517. The summed E-state index contributed by atoms with van der Waals surface area (Å²) in [7, 11) is 1.65. The summed E-state index contributed by atoms with van der Waals surface area (Å²) in [5.41, 5.74) is 1.86. The molecular formula is C29H40F4N2. The van der Waals surface area contributed by atoms with Gasteiger partial charge in [-0.25, -0.2) is 17.6 Å². The number of hydrogen-bond donors (Lipinski definition) is 2. The molecule has 1 saturated carbocycles. The summed E-state index contributed by atoms with van der Waals surface area (Å²) in [5.74, 6) is -4.23. The van der Waals surface area contributed by atoms with Crippen LogP contribution in [0.1, 0.15) is 95.4 Å². The SMILES string of the molecule is C=C(NC(c1cc(F)cc(F)c1)C1(C)CCC1)c1ccc(C(C)(F)F)cc1NC.CCCCCC. The molecule has 0 radical (unpaired) electrons. The number of benzene rings is 2. The molecular weight excluding hydrogens is 452 g/mol. The second-order valence-corrected chi connectivity index (χ2v) is 9.87. The number of anilines is 1. The number of hydrogen-bond acceptors (Lipinski definition) is 2. The molecule has 2 aromatic rings. The van der Waals surface area contributed by atoms with Gasteiger partial charge in [-0.05, 0) is 42.0 Å². The fourth-order valence-corrected chi connectivity index (χ4v) is 4.46. The van der Waals surface area contributed by atoms with Crippen LogP contribution in [0.25, 0.3) is 5.70 Å². The lowest BCUT2D eigenvalue weighted by Gasteiger charge is -2.46. The van der Waals surface area contributed by atoms with Gasteiger partial charge in [0, 0.05) is 42.5 Å². The monoisotopic (exact) mass is 492 g/mol. The predicted molar refractivity (Wildman–Crippen MR) is 139 cm³/mol. The van der Waals surface area contributed by atoms with Gasteiger partial charge in [0.05, 0.1) is 6.04 Å². The molecule has 1 aliphatic rings. The first-order valence-electron chi connectivity index (χ1n) is 12.6. The zero-order valence-corrected chi connectivity index (χ0v) is 21.7. The van der Waals surface area contributed by atoms with Gasteiger partial charge >= 0.3 is 0 Å². The average Bonchev–Trinajstić information content (AvgIpc) is 2.78. The minimum atomic E-state index is -2.96. The Bertz CT molecular complexity index is 953. The van der Waals surface area contributed by atoms with Crippen molar-refractivity contribution in [1.82, 2.24) is 5.32 Å². The largest absolute Gasteiger partial charge is 0.388 e. The second-order valence-electron chi connectivity index (χ2n) is 9.87. The molecule has 0 spiro atoms. The standard InChI is InChI=1S/C23H26F4N2.C6H14/c1-14(19-7-6-16(23(3,26)27)12-20(19)28-4)29-21(22(2)8-5-9-22)15-10-17(24)13-18(25)11-15;1-3-5-6-4-2/h6-7,10-13,21,28-29H,1,5,8-9H2,2-4H3;3-6H2,1-2H3. The average molecular weight is 493 g/mol. The quantitative estimate of drug-likeness (QED) is 0.255. The normalized spacial score (nSPS) is 15.3. The van der Waals surface area contributed by atoms with Gasteiger partial charge in [-0.3, -0.25) is 0 Å². The smallest absolute Gasteiger partial charge is 0.270 e. The van der Waals surface area contributed by atoms with Gasteiger partial charge in [0.15, 0.2) is 0 Å². The van der Waals surface area contributed by atoms with Crippen molar-refractivity contribution in [2.75, 3.05) is 12.4 Å². The fourth-order valence-electron chi connectivity index (χ4n) is 4.46. The Morgan fingerprint density at radius 1 is 1.03 bits per heavy atom. The first-order valence-corrected chi connectivity index (χ1v) is 12.6. The van der Waals surface area contributed by atoms with Crippen molar-refractivity contribution in [1.29, 1.82) is 0 Å². The van der Waals surface area contributed by atoms with Crippen molar-refractivity contribution in [3.05, 3.63) is 71.3 Å². The maximum Gasteiger partial charge on any atom is 0.270 e. The molecule has 2 N–H and O–H groups in total. The molecule has 0 amide bonds. The van der Waals surface area contributed by atoms with Gasteiger partial charge < -0.3 is 10.6 Å². The molecule has 6 heteroatoms. The highest BCUT2D eigenvalue weighted by molar-refractivity contribution is 5.75. The molecule has 194 valence electrons. The van der Waals surface area contributed by atoms with E-state index in [9.17, 15) is 17.6 Å². The topological polar surface area (TPSA) is 24.1 Å². The van der Waals surface area contributed by atoms with Crippen molar-refractivity contribution in [2.45, 2.75) is 84.6 Å². The Balaban J connectivity index is 0.000000641. The van der Waals surface area contributed by atoms with Crippen LogP contribution in [0.2, 0.25) is 0 Å². The highest BCUT2D eigenvalue weighted by Gasteiger charge is 2.41. The van der Waals surface area contributed by atoms with Gasteiger partial charge in [-0.2, -0.15) is 0 Å². The van der Waals surface area contributed by atoms with E-state index in [4.69, 9.17) is 0 Å². The van der Waals surface area contributed by atoms with Crippen LogP contribution < -0.4 is 10.6 Å². The highest BCUT2D eigenvalue weighted by atomic mass is 19.3. The van der Waals surface area contributed by atoms with E-state index >= 15 is 0 Å². The van der Waals surface area contributed by atoms with E-state index in [1.165, 1.54) is 49.9 Å². The van der Waals surface area contributed by atoms with Crippen molar-refractivity contribution >= 4 is 11.4 Å². The van der Waals surface area contributed by atoms with Gasteiger partial charge in [0.2, 0.25) is 0 Å². The summed E-state index contributed by atoms with van der Waals surface area (Å²) in [6.45, 7) is 11.5. The van der Waals surface area contributed by atoms with Crippen LogP contribution in [0, 0.1) is 17.0 Å². The molecule has 2 nitrogen and oxygen atoms in total. The molecule has 0 aromatic heterocycles. The highest BCUT2D eigenvalue weighted by Crippen LogP contribution is 2.50. The third-order valence-corrected chi connectivity index (χ3v) is 6.81. The third kappa shape index (κ3) is 7.74. The Morgan fingerprint density at radius 3 is 2.03 bits per heavy atom. The second kappa shape index (κ2) is 12.5. The third-order valence-electron chi connectivity index (χ3n) is 6.81. The zero-order valence-electron chi connectivity index (χ0n) is 21.7. The van der Waals surface area contributed by atoms with E-state index in [0.717, 1.165) is 32.3 Å². The number of nitrogens with one attached hydrogen (secondary N) is 2. The van der Waals surface area contributed by atoms with Crippen molar-refractivity contribution in [3.63, 3.8) is 0 Å². The number of halogens is 4. The minimum absolute atomic E-state index is 0.104. The summed E-state index contributed by atoms with van der Waals surface area (Å²) in [6.07, 6.45) is 8.40. The lowest BCUT2D eigenvalue weighted by molar-refractivity contribution is 0.0175. The molecule has 3 rings (SSSR count). The molecule has 1 unspecified atom stereocenters. The predicted octanol–water partition coefficient (Wildman–Crippen LogP) is 9.20. The maximum atomic E-state index is 13.9. The molecule has 1 aliphatic carbocycles. The number of alkyl halides is 2. The van der Waals surface area contributed by atoms with E-state index in [1.807, 2.05) is 0 Å². The van der Waals surface area contributed by atoms with Gasteiger partial charge in [0.25, 0.3) is 5.92 Å². The molecule has 0 bridgehead atoms. The van der Waals surface area contributed by atoms with E-state index in [0.29, 0.717) is 22.5 Å². The molecule has 35 heavy (non-hydrogen) atoms. The Labute approximate surface area is 208 Å². The first-order chi connectivity index (χ1) is 16.4. The summed E-state index contributed by atoms with van der Waals surface area (Å²) in [6, 6.07) is 7.50. The Hall–Kier alpha value is -2.50. The van der Waals surface area contributed by atoms with Crippen LogP contribution in [-0.4, -0.2) is 7.05 Å². The molecule has 1 atom stereocenters. The van der Waals surface area contributed by atoms with E-state index in [-0.39, 0.29) is 17.0 Å². The van der Waals surface area contributed by atoms with Crippen molar-refractivity contribution < 1.29 is 17.6 Å². The minimum Gasteiger partial charge on any atom is -0.388 e. The molecule has 0 heterocycles. The van der Waals surface area contributed by atoms with E-state index < -0.39 is 17.6 Å². The lowest BCUT2D eigenvalue weighted by atomic mass is 9.63. The molecule has 1 fully saturated rings. The zero-order chi connectivity index (χ0) is 26.2. The summed E-state index contributed by atoms with van der Waals surface area (Å²) < 4.78 is 55.1. The first kappa shape index (κ1) is 28.7. The van der Waals surface area contributed by atoms with Crippen molar-refractivity contribution in [3.8, 4) is 0 Å². The van der Waals surface area contributed by atoms with Gasteiger partial charge in [-0.1, -0.05) is 71.6 Å². The van der Waals surface area contributed by atoms with Crippen LogP contribution in [0.4, 0.5) is 23.2 Å². The summed E-state index contributed by atoms with van der Waals surface area (Å²) >= 11 is 0. The van der Waals surface area contributed by atoms with Gasteiger partial charge in [0.1, 0.15) is 11.6 Å². The number of rotatable bonds is 10. The van der Waals surface area contributed by atoms with Crippen LogP contribution in [0.3, 0.4) is 0 Å². The van der Waals surface area contributed by atoms with Crippen LogP contribution in [0.5, 0.6) is 0 Å². The lowest BCUT2D eigenvalue weighted by Crippen LogP contribution is -2.40. The van der Waals surface area contributed by atoms with Crippen LogP contribution in [0.15, 0.2) is 43.0 Å². The van der Waals surface area contributed by atoms with Crippen LogP contribution >= 0.6 is 0 Å². The Kier molecular flexibility index (Phi) is 10.2. The molecule has 2 aromatic carbocycles. The van der Waals surface area contributed by atoms with E-state index in [1.54, 1.807) is 13.1 Å². The molecule has 0 saturated heterocycles. The van der Waals surface area contributed by atoms with E-state index in [2.05, 4.69) is 38.0 Å². The Morgan fingerprint density at radius 2 is 1.60 bits per heavy atom. The summed E-state index contributed by atoms with van der Waals surface area (Å²) in [5, 5.41) is 6.26. The maximum absolute atomic E-state index is 13.9. The molecule has 0 aliphatic heterocycles. The summed E-state index contributed by atoms with van der Waals surface area (Å²) in [4.78, 5) is 0.